The third-order valence-corrected chi connectivity index (χ3v) is 4.02. The van der Waals surface area contributed by atoms with Gasteiger partial charge in [0.15, 0.2) is 0 Å². The maximum absolute atomic E-state index is 12.0. The van der Waals surface area contributed by atoms with E-state index in [4.69, 9.17) is 5.73 Å². The molecule has 10 heteroatoms. The first-order valence-electron chi connectivity index (χ1n) is 5.82. The number of hydrogen-bond donors (Lipinski definition) is 3. The molecule has 0 spiro atoms. The second-order valence-electron chi connectivity index (χ2n) is 3.99. The van der Waals surface area contributed by atoms with Gasteiger partial charge in [-0.3, -0.25) is 4.79 Å². The van der Waals surface area contributed by atoms with Crippen molar-refractivity contribution in [3.05, 3.63) is 0 Å². The lowest BCUT2D eigenvalue weighted by Crippen LogP contribution is -2.52. The number of amides is 2. The van der Waals surface area contributed by atoms with E-state index in [1.54, 1.807) is 11.6 Å². The van der Waals surface area contributed by atoms with Crippen LogP contribution in [0.15, 0.2) is 0 Å². The maximum Gasteiger partial charge on any atom is 0.421 e. The average molecular weight is 294 g/mol. The molecule has 1 saturated heterocycles. The zero-order valence-electron chi connectivity index (χ0n) is 10.6. The van der Waals surface area contributed by atoms with Gasteiger partial charge in [-0.1, -0.05) is 0 Å². The molecule has 1 aliphatic heterocycles. The molecule has 0 radical (unpaired) electrons. The molecule has 0 aromatic heterocycles. The van der Waals surface area contributed by atoms with Gasteiger partial charge in [0, 0.05) is 12.6 Å². The smallest absolute Gasteiger partial charge is 0.421 e. The minimum Gasteiger partial charge on any atom is -0.449 e. The summed E-state index contributed by atoms with van der Waals surface area (Å²) in [7, 11) is -4.15. The van der Waals surface area contributed by atoms with E-state index in [-0.39, 0.29) is 6.61 Å². The van der Waals surface area contributed by atoms with Gasteiger partial charge in [-0.25, -0.2) is 9.52 Å². The lowest BCUT2D eigenvalue weighted by atomic mass is 10.2. The van der Waals surface area contributed by atoms with E-state index >= 15 is 0 Å². The van der Waals surface area contributed by atoms with Gasteiger partial charge in [-0.15, -0.1) is 0 Å². The summed E-state index contributed by atoms with van der Waals surface area (Å²) in [6.07, 6.45) is -0.542. The summed E-state index contributed by atoms with van der Waals surface area (Å²) >= 11 is 0. The van der Waals surface area contributed by atoms with Crippen LogP contribution in [0, 0.1) is 0 Å². The van der Waals surface area contributed by atoms with Gasteiger partial charge in [-0.05, 0) is 19.9 Å². The van der Waals surface area contributed by atoms with E-state index in [1.807, 2.05) is 0 Å². The molecule has 9 nitrogen and oxygen atoms in total. The highest BCUT2D eigenvalue weighted by atomic mass is 32.2. The number of rotatable bonds is 6. The van der Waals surface area contributed by atoms with Crippen molar-refractivity contribution >= 4 is 22.2 Å². The minimum atomic E-state index is -4.15. The van der Waals surface area contributed by atoms with Crippen molar-refractivity contribution in [2.75, 3.05) is 26.2 Å². The van der Waals surface area contributed by atoms with Gasteiger partial charge in [0.05, 0.1) is 13.2 Å². The summed E-state index contributed by atoms with van der Waals surface area (Å²) in [4.78, 5) is 22.2. The lowest BCUT2D eigenvalue weighted by Gasteiger charge is -2.25. The van der Waals surface area contributed by atoms with Crippen LogP contribution in [0.5, 0.6) is 0 Å². The Hall–Kier alpha value is -1.39. The van der Waals surface area contributed by atoms with E-state index < -0.39 is 34.8 Å². The third-order valence-electron chi connectivity index (χ3n) is 2.55. The second-order valence-corrected chi connectivity index (χ2v) is 5.61. The van der Waals surface area contributed by atoms with Gasteiger partial charge >= 0.3 is 16.3 Å². The topological polar surface area (TPSA) is 131 Å². The molecule has 0 aromatic rings. The molecule has 4 N–H and O–H groups in total. The summed E-state index contributed by atoms with van der Waals surface area (Å²) in [6, 6.07) is -0.417. The van der Waals surface area contributed by atoms with Crippen molar-refractivity contribution in [3.8, 4) is 0 Å². The van der Waals surface area contributed by atoms with Gasteiger partial charge in [-0.2, -0.15) is 12.7 Å². The molecule has 0 aromatic carbocycles. The molecule has 2 amide bonds. The zero-order chi connectivity index (χ0) is 14.5. The van der Waals surface area contributed by atoms with Crippen molar-refractivity contribution in [2.24, 2.45) is 5.73 Å². The first-order valence-corrected chi connectivity index (χ1v) is 7.26. The molecule has 19 heavy (non-hydrogen) atoms. The summed E-state index contributed by atoms with van der Waals surface area (Å²) in [6.45, 7) is 2.14. The van der Waals surface area contributed by atoms with E-state index in [2.05, 4.69) is 10.1 Å². The summed E-state index contributed by atoms with van der Waals surface area (Å²) in [5.41, 5.74) is 5.04. The molecule has 1 unspecified atom stereocenters. The van der Waals surface area contributed by atoms with Gasteiger partial charge in [0.2, 0.25) is 5.91 Å². The van der Waals surface area contributed by atoms with E-state index in [9.17, 15) is 18.0 Å². The van der Waals surface area contributed by atoms with Gasteiger partial charge < -0.3 is 15.8 Å². The van der Waals surface area contributed by atoms with E-state index in [0.717, 1.165) is 4.31 Å². The molecule has 1 rings (SSSR count). The molecule has 1 atom stereocenters. The van der Waals surface area contributed by atoms with Crippen LogP contribution in [0.2, 0.25) is 0 Å². The highest BCUT2D eigenvalue weighted by Crippen LogP contribution is 2.12. The van der Waals surface area contributed by atoms with Crippen molar-refractivity contribution in [1.29, 1.82) is 0 Å². The third kappa shape index (κ3) is 4.65. The Morgan fingerprint density at radius 2 is 2.21 bits per heavy atom. The fourth-order valence-corrected chi connectivity index (χ4v) is 3.03. The fraction of sp³-hybridized carbons (Fsp3) is 0.778. The molecule has 0 aliphatic carbocycles. The summed E-state index contributed by atoms with van der Waals surface area (Å²) in [5.74, 6) is -0.791. The van der Waals surface area contributed by atoms with Crippen LogP contribution in [-0.4, -0.2) is 57.0 Å². The van der Waals surface area contributed by atoms with Crippen LogP contribution in [0.1, 0.15) is 13.3 Å². The number of nitrogens with zero attached hydrogens (tertiary/aromatic N) is 1. The quantitative estimate of drug-likeness (QED) is 0.526. The molecular weight excluding hydrogens is 276 g/mol. The van der Waals surface area contributed by atoms with Crippen molar-refractivity contribution in [2.45, 2.75) is 19.4 Å². The maximum atomic E-state index is 12.0. The highest BCUT2D eigenvalue weighted by molar-refractivity contribution is 7.87. The molecule has 1 aliphatic rings. The highest BCUT2D eigenvalue weighted by Gasteiger charge is 2.34. The molecule has 0 saturated carbocycles. The Morgan fingerprint density at radius 3 is 2.68 bits per heavy atom. The molecule has 110 valence electrons. The number of ether oxygens (including phenoxy) is 1. The SMILES string of the molecule is CCOC(=O)NS(=O)(=O)N(CC(N)=O)C1CCNC1. The number of primary amides is 1. The lowest BCUT2D eigenvalue weighted by molar-refractivity contribution is -0.118. The monoisotopic (exact) mass is 294 g/mol. The number of carbonyl (C=O) groups excluding carboxylic acids is 2. The average Bonchev–Trinajstić information content (AvgIpc) is 2.77. The van der Waals surface area contributed by atoms with E-state index in [1.165, 1.54) is 0 Å². The van der Waals surface area contributed by atoms with Crippen molar-refractivity contribution in [1.82, 2.24) is 14.3 Å². The van der Waals surface area contributed by atoms with Crippen LogP contribution in [0.3, 0.4) is 0 Å². The number of carbonyl (C=O) groups is 2. The molecule has 0 bridgehead atoms. The van der Waals surface area contributed by atoms with E-state index in [0.29, 0.717) is 19.5 Å². The van der Waals surface area contributed by atoms with Crippen LogP contribution in [-0.2, 0) is 19.7 Å². The zero-order valence-corrected chi connectivity index (χ0v) is 11.4. The van der Waals surface area contributed by atoms with Crippen LogP contribution >= 0.6 is 0 Å². The van der Waals surface area contributed by atoms with Crippen molar-refractivity contribution in [3.63, 3.8) is 0 Å². The Kier molecular flexibility index (Phi) is 5.51. The molecule has 1 heterocycles. The standard InChI is InChI=1S/C9H18N4O5S/c1-2-18-9(15)12-19(16,17)13(6-8(10)14)7-3-4-11-5-7/h7,11H,2-6H2,1H3,(H2,10,14)(H,12,15). The first kappa shape index (κ1) is 15.7. The van der Waals surface area contributed by atoms with Gasteiger partial charge in [0.25, 0.3) is 0 Å². The number of nitrogens with one attached hydrogen (secondary N) is 2. The predicted molar refractivity (Wildman–Crippen MR) is 66.3 cm³/mol. The first-order chi connectivity index (χ1) is 8.86. The van der Waals surface area contributed by atoms with Crippen LogP contribution < -0.4 is 15.8 Å². The van der Waals surface area contributed by atoms with Crippen LogP contribution in [0.4, 0.5) is 4.79 Å². The number of hydrogen-bond acceptors (Lipinski definition) is 6. The fourth-order valence-electron chi connectivity index (χ4n) is 1.77. The minimum absolute atomic E-state index is 0.0438. The van der Waals surface area contributed by atoms with Crippen molar-refractivity contribution < 1.29 is 22.7 Å². The normalized spacial score (nSPS) is 19.4. The summed E-state index contributed by atoms with van der Waals surface area (Å²) in [5, 5.41) is 2.97. The van der Waals surface area contributed by atoms with Gasteiger partial charge in [0.1, 0.15) is 0 Å². The predicted octanol–water partition coefficient (Wildman–Crippen LogP) is -1.87. The van der Waals surface area contributed by atoms with Crippen LogP contribution in [0.25, 0.3) is 0 Å². The molecular formula is C9H18N4O5S. The number of nitrogens with two attached hydrogens (primary N) is 1. The Labute approximate surface area is 111 Å². The second kappa shape index (κ2) is 6.68. The Balaban J connectivity index is 2.82. The largest absolute Gasteiger partial charge is 0.449 e. The molecule has 1 fully saturated rings. The summed E-state index contributed by atoms with van der Waals surface area (Å²) < 4.78 is 31.2. The Bertz CT molecular complexity index is 432. The Morgan fingerprint density at radius 1 is 1.53 bits per heavy atom.